The molecule has 4 heterocycles. The summed E-state index contributed by atoms with van der Waals surface area (Å²) in [5.41, 5.74) is 4.03. The van der Waals surface area contributed by atoms with Gasteiger partial charge in [-0.2, -0.15) is 0 Å². The fourth-order valence-corrected chi connectivity index (χ4v) is 6.46. The molecule has 1 atom stereocenters. The van der Waals surface area contributed by atoms with Gasteiger partial charge in [-0.25, -0.2) is 4.98 Å². The van der Waals surface area contributed by atoms with E-state index in [9.17, 15) is 14.4 Å². The number of carbonyl (C=O) groups excluding carboxylic acids is 3. The number of nitrogens with zero attached hydrogens (tertiary/aromatic N) is 3. The van der Waals surface area contributed by atoms with E-state index >= 15 is 0 Å². The normalized spacial score (nSPS) is 21.8. The lowest BCUT2D eigenvalue weighted by molar-refractivity contribution is -0.136. The van der Waals surface area contributed by atoms with E-state index in [1.807, 2.05) is 12.1 Å². The Balaban J connectivity index is 1.10. The Bertz CT molecular complexity index is 1260. The number of aromatic nitrogens is 1. The Kier molecular flexibility index (Phi) is 5.42. The number of hydrogen-bond acceptors (Lipinski definition) is 6. The molecule has 0 saturated carbocycles. The van der Waals surface area contributed by atoms with Crippen molar-refractivity contribution in [3.8, 4) is 0 Å². The summed E-state index contributed by atoms with van der Waals surface area (Å²) in [6, 6.07) is 13.9. The summed E-state index contributed by atoms with van der Waals surface area (Å²) in [7, 11) is 0. The lowest BCUT2D eigenvalue weighted by Gasteiger charge is -2.31. The topological polar surface area (TPSA) is 82.6 Å². The minimum Gasteiger partial charge on any atom is -0.322 e. The number of benzene rings is 2. The molecule has 8 heteroatoms. The first-order valence-corrected chi connectivity index (χ1v) is 12.7. The van der Waals surface area contributed by atoms with Crippen molar-refractivity contribution in [3.63, 3.8) is 0 Å². The predicted molar refractivity (Wildman–Crippen MR) is 129 cm³/mol. The van der Waals surface area contributed by atoms with Gasteiger partial charge in [0.15, 0.2) is 0 Å². The van der Waals surface area contributed by atoms with E-state index < -0.39 is 6.04 Å². The summed E-state index contributed by atoms with van der Waals surface area (Å²) in [6.45, 7) is 3.38. The fraction of sp³-hybridized carbons (Fsp3) is 0.385. The van der Waals surface area contributed by atoms with E-state index in [1.54, 1.807) is 16.2 Å². The molecule has 1 unspecified atom stereocenters. The molecule has 1 aromatic heterocycles. The molecule has 3 aliphatic heterocycles. The third kappa shape index (κ3) is 3.91. The molecule has 3 aliphatic rings. The van der Waals surface area contributed by atoms with Crippen molar-refractivity contribution in [2.24, 2.45) is 0 Å². The average Bonchev–Trinajstić information content (AvgIpc) is 3.39. The van der Waals surface area contributed by atoms with Crippen LogP contribution in [0.2, 0.25) is 0 Å². The number of rotatable bonds is 4. The standard InChI is InChI=1S/C26H26N4O3S/c31-23-8-7-21(25(32)28-23)30-14-18-13-17(5-6-19(18)26(30)33)16-9-11-29(12-10-16)15-24-27-20-3-1-2-4-22(20)34-24/h1-6,13,16,21H,7-12,14-15H2,(H,28,31,32). The average molecular weight is 475 g/mol. The maximum atomic E-state index is 12.9. The van der Waals surface area contributed by atoms with E-state index in [0.717, 1.165) is 43.6 Å². The van der Waals surface area contributed by atoms with Crippen molar-refractivity contribution in [3.05, 3.63) is 64.2 Å². The van der Waals surface area contributed by atoms with Gasteiger partial charge in [-0.05, 0) is 67.6 Å². The van der Waals surface area contributed by atoms with Crippen molar-refractivity contribution in [2.75, 3.05) is 13.1 Å². The number of thiazole rings is 1. The lowest BCUT2D eigenvalue weighted by atomic mass is 9.88. The third-order valence-corrected chi connectivity index (χ3v) is 8.32. The molecule has 1 N–H and O–H groups in total. The van der Waals surface area contributed by atoms with Gasteiger partial charge in [0.1, 0.15) is 11.0 Å². The van der Waals surface area contributed by atoms with Crippen LogP contribution in [0.3, 0.4) is 0 Å². The van der Waals surface area contributed by atoms with Gasteiger partial charge in [0.25, 0.3) is 5.91 Å². The molecule has 2 saturated heterocycles. The third-order valence-electron chi connectivity index (χ3n) is 7.30. The molecule has 2 aromatic carbocycles. The molecule has 174 valence electrons. The molecule has 2 fully saturated rings. The minimum absolute atomic E-state index is 0.110. The summed E-state index contributed by atoms with van der Waals surface area (Å²) < 4.78 is 1.24. The van der Waals surface area contributed by atoms with Crippen LogP contribution in [0.25, 0.3) is 10.2 Å². The Hall–Kier alpha value is -3.10. The lowest BCUT2D eigenvalue weighted by Crippen LogP contribution is -2.52. The zero-order chi connectivity index (χ0) is 23.2. The zero-order valence-electron chi connectivity index (χ0n) is 18.8. The summed E-state index contributed by atoms with van der Waals surface area (Å²) in [4.78, 5) is 45.6. The van der Waals surface area contributed by atoms with E-state index in [1.165, 1.54) is 15.3 Å². The summed E-state index contributed by atoms with van der Waals surface area (Å²) in [5, 5.41) is 3.54. The largest absolute Gasteiger partial charge is 0.322 e. The van der Waals surface area contributed by atoms with E-state index in [-0.39, 0.29) is 24.1 Å². The zero-order valence-corrected chi connectivity index (χ0v) is 19.6. The number of carbonyl (C=O) groups is 3. The molecule has 3 aromatic rings. The van der Waals surface area contributed by atoms with Gasteiger partial charge in [0, 0.05) is 18.5 Å². The van der Waals surface area contributed by atoms with Gasteiger partial charge in [-0.15, -0.1) is 11.3 Å². The number of nitrogens with one attached hydrogen (secondary N) is 1. The summed E-state index contributed by atoms with van der Waals surface area (Å²) >= 11 is 1.78. The first-order valence-electron chi connectivity index (χ1n) is 11.9. The Labute approximate surface area is 201 Å². The number of hydrogen-bond donors (Lipinski definition) is 1. The molecule has 0 spiro atoms. The van der Waals surface area contributed by atoms with Crippen LogP contribution in [-0.2, 0) is 22.7 Å². The van der Waals surface area contributed by atoms with E-state index in [2.05, 4.69) is 40.5 Å². The van der Waals surface area contributed by atoms with Crippen LogP contribution in [0.4, 0.5) is 0 Å². The van der Waals surface area contributed by atoms with Crippen LogP contribution in [-0.4, -0.2) is 51.6 Å². The molecule has 0 bridgehead atoms. The van der Waals surface area contributed by atoms with Gasteiger partial charge >= 0.3 is 0 Å². The molecule has 0 aliphatic carbocycles. The minimum atomic E-state index is -0.563. The molecular formula is C26H26N4O3S. The van der Waals surface area contributed by atoms with Crippen LogP contribution < -0.4 is 5.32 Å². The second-order valence-corrected chi connectivity index (χ2v) is 10.6. The second kappa shape index (κ2) is 8.60. The molecule has 3 amide bonds. The van der Waals surface area contributed by atoms with Crippen molar-refractivity contribution in [2.45, 2.75) is 50.7 Å². The number of piperidine rings is 2. The van der Waals surface area contributed by atoms with Gasteiger partial charge in [0.2, 0.25) is 11.8 Å². The number of imide groups is 1. The van der Waals surface area contributed by atoms with Crippen molar-refractivity contribution in [1.82, 2.24) is 20.1 Å². The van der Waals surface area contributed by atoms with Gasteiger partial charge in [0.05, 0.1) is 16.8 Å². The van der Waals surface area contributed by atoms with Gasteiger partial charge in [-0.1, -0.05) is 24.3 Å². The van der Waals surface area contributed by atoms with Crippen LogP contribution in [0.5, 0.6) is 0 Å². The van der Waals surface area contributed by atoms with Crippen molar-refractivity contribution in [1.29, 1.82) is 0 Å². The molecule has 0 radical (unpaired) electrons. The van der Waals surface area contributed by atoms with E-state index in [4.69, 9.17) is 4.98 Å². The van der Waals surface area contributed by atoms with E-state index in [0.29, 0.717) is 24.4 Å². The summed E-state index contributed by atoms with van der Waals surface area (Å²) in [5.74, 6) is -0.265. The van der Waals surface area contributed by atoms with Crippen molar-refractivity contribution < 1.29 is 14.4 Å². The molecule has 7 nitrogen and oxygen atoms in total. The SMILES string of the molecule is O=C1CCC(N2Cc3cc(C4CCN(Cc5nc6ccccc6s5)CC4)ccc3C2=O)C(=O)N1. The molecule has 34 heavy (non-hydrogen) atoms. The number of para-hydroxylation sites is 1. The number of amides is 3. The van der Waals surface area contributed by atoms with Gasteiger partial charge < -0.3 is 4.90 Å². The van der Waals surface area contributed by atoms with Crippen LogP contribution in [0, 0.1) is 0 Å². The maximum Gasteiger partial charge on any atom is 0.255 e. The van der Waals surface area contributed by atoms with Crippen LogP contribution in [0.15, 0.2) is 42.5 Å². The molecular weight excluding hydrogens is 448 g/mol. The number of likely N-dealkylation sites (tertiary alicyclic amines) is 1. The van der Waals surface area contributed by atoms with Crippen LogP contribution >= 0.6 is 11.3 Å². The highest BCUT2D eigenvalue weighted by molar-refractivity contribution is 7.18. The Morgan fingerprint density at radius 3 is 2.65 bits per heavy atom. The monoisotopic (exact) mass is 474 g/mol. The number of fused-ring (bicyclic) bond motifs is 2. The van der Waals surface area contributed by atoms with Gasteiger partial charge in [-0.3, -0.25) is 24.6 Å². The highest BCUT2D eigenvalue weighted by Gasteiger charge is 2.39. The molecule has 6 rings (SSSR count). The first-order chi connectivity index (χ1) is 16.5. The maximum absolute atomic E-state index is 12.9. The smallest absolute Gasteiger partial charge is 0.255 e. The highest BCUT2D eigenvalue weighted by Crippen LogP contribution is 2.34. The Morgan fingerprint density at radius 1 is 1.03 bits per heavy atom. The van der Waals surface area contributed by atoms with Crippen molar-refractivity contribution >= 4 is 39.3 Å². The second-order valence-electron chi connectivity index (χ2n) is 9.44. The predicted octanol–water partition coefficient (Wildman–Crippen LogP) is 3.44. The quantitative estimate of drug-likeness (QED) is 0.586. The highest BCUT2D eigenvalue weighted by atomic mass is 32.1. The Morgan fingerprint density at radius 2 is 1.85 bits per heavy atom. The summed E-state index contributed by atoms with van der Waals surface area (Å²) in [6.07, 6.45) is 2.82. The fourth-order valence-electron chi connectivity index (χ4n) is 5.45. The first kappa shape index (κ1) is 21.4. The van der Waals surface area contributed by atoms with Crippen LogP contribution in [0.1, 0.15) is 58.1 Å².